The second-order valence-electron chi connectivity index (χ2n) is 7.07. The van der Waals surface area contributed by atoms with Crippen LogP contribution in [0.4, 0.5) is 0 Å². The number of carbonyl (C=O) groups excluding carboxylic acids is 2. The molecule has 130 valence electrons. The Morgan fingerprint density at radius 1 is 1.24 bits per heavy atom. The Morgan fingerprint density at radius 2 is 1.96 bits per heavy atom. The summed E-state index contributed by atoms with van der Waals surface area (Å²) >= 11 is 0. The molecular weight excluding hydrogens is 322 g/mol. The van der Waals surface area contributed by atoms with E-state index < -0.39 is 23.7 Å². The third-order valence-corrected chi connectivity index (χ3v) is 5.60. The van der Waals surface area contributed by atoms with Crippen molar-refractivity contribution < 1.29 is 19.1 Å². The van der Waals surface area contributed by atoms with E-state index in [4.69, 9.17) is 16.0 Å². The normalized spacial score (nSPS) is 33.4. The third kappa shape index (κ3) is 2.03. The predicted octanol–water partition coefficient (Wildman–Crippen LogP) is 1.60. The number of hydrogen-bond donors (Lipinski definition) is 0. The third-order valence-electron chi connectivity index (χ3n) is 5.60. The molecule has 0 bridgehead atoms. The van der Waals surface area contributed by atoms with E-state index in [1.165, 1.54) is 4.90 Å². The molecule has 0 N–H and O–H groups in total. The molecule has 1 aromatic rings. The van der Waals surface area contributed by atoms with Gasteiger partial charge in [0.15, 0.2) is 11.5 Å². The molecule has 0 radical (unpaired) electrons. The van der Waals surface area contributed by atoms with Crippen LogP contribution in [0.5, 0.6) is 11.5 Å². The Balaban J connectivity index is 1.83. The zero-order chi connectivity index (χ0) is 17.9. The van der Waals surface area contributed by atoms with Gasteiger partial charge in [0.05, 0.1) is 6.42 Å². The lowest BCUT2D eigenvalue weighted by atomic mass is 9.87. The summed E-state index contributed by atoms with van der Waals surface area (Å²) in [6.45, 7) is 11.4. The van der Waals surface area contributed by atoms with Gasteiger partial charge in [-0.3, -0.25) is 9.59 Å². The number of likely N-dealkylation sites (N-methyl/N-ethyl adjacent to an activating group) is 1. The quantitative estimate of drug-likeness (QED) is 0.728. The van der Waals surface area contributed by atoms with Crippen molar-refractivity contribution in [2.45, 2.75) is 43.9 Å². The molecule has 2 amide bonds. The molecule has 1 unspecified atom stereocenters. The highest BCUT2D eigenvalue weighted by atomic mass is 16.7. The summed E-state index contributed by atoms with van der Waals surface area (Å²) < 4.78 is 10.8. The highest BCUT2D eigenvalue weighted by Gasteiger charge is 2.62. The second-order valence-corrected chi connectivity index (χ2v) is 7.07. The molecule has 25 heavy (non-hydrogen) atoms. The van der Waals surface area contributed by atoms with E-state index >= 15 is 0 Å². The summed E-state index contributed by atoms with van der Waals surface area (Å²) in [5.41, 5.74) is -0.0719. The lowest BCUT2D eigenvalue weighted by molar-refractivity contribution is -0.159. The summed E-state index contributed by atoms with van der Waals surface area (Å²) in [6, 6.07) is 3.85. The highest BCUT2D eigenvalue weighted by Crippen LogP contribution is 2.50. The van der Waals surface area contributed by atoms with Crippen molar-refractivity contribution in [2.24, 2.45) is 0 Å². The molecule has 1 aromatic carbocycles. The molecule has 0 spiro atoms. The molecule has 2 saturated heterocycles. The van der Waals surface area contributed by atoms with Crippen LogP contribution in [0.3, 0.4) is 0 Å². The summed E-state index contributed by atoms with van der Waals surface area (Å²) in [5, 5.41) is 0. The summed E-state index contributed by atoms with van der Waals surface area (Å²) in [6.07, 6.45) is 0.331. The zero-order valence-electron chi connectivity index (χ0n) is 14.4. The molecule has 0 aromatic heterocycles. The van der Waals surface area contributed by atoms with Crippen molar-refractivity contribution in [1.29, 1.82) is 0 Å². The van der Waals surface area contributed by atoms with Gasteiger partial charge in [-0.1, -0.05) is 6.07 Å². The van der Waals surface area contributed by atoms with Crippen molar-refractivity contribution in [3.8, 4) is 11.5 Å². The average molecular weight is 341 g/mol. The maximum atomic E-state index is 13.0. The van der Waals surface area contributed by atoms with Crippen LogP contribution in [0, 0.1) is 6.57 Å². The first-order valence-corrected chi connectivity index (χ1v) is 8.24. The number of piperazine rings is 1. The minimum absolute atomic E-state index is 0.106. The molecule has 0 saturated carbocycles. The summed E-state index contributed by atoms with van der Waals surface area (Å²) in [7, 11) is 1.64. The Bertz CT molecular complexity index is 817. The fraction of sp³-hybridized carbons (Fsp3) is 0.500. The maximum Gasteiger partial charge on any atom is 0.256 e. The van der Waals surface area contributed by atoms with Gasteiger partial charge in [-0.25, -0.2) is 6.57 Å². The van der Waals surface area contributed by atoms with E-state index in [9.17, 15) is 9.59 Å². The molecule has 7 nitrogen and oxygen atoms in total. The van der Waals surface area contributed by atoms with Gasteiger partial charge in [-0.15, -0.1) is 0 Å². The van der Waals surface area contributed by atoms with E-state index in [-0.39, 0.29) is 18.6 Å². The first kappa shape index (κ1) is 15.8. The monoisotopic (exact) mass is 341 g/mol. The van der Waals surface area contributed by atoms with Crippen LogP contribution < -0.4 is 9.47 Å². The van der Waals surface area contributed by atoms with E-state index in [2.05, 4.69) is 4.85 Å². The smallest absolute Gasteiger partial charge is 0.256 e. The van der Waals surface area contributed by atoms with E-state index in [1.54, 1.807) is 24.9 Å². The lowest BCUT2D eigenvalue weighted by Gasteiger charge is -2.41. The standard InChI is InChI=1S/C18H19N3O4/c1-10-16(22)21-12(17(23)20(10)4)8-18(2,19-3)15(21)11-5-6-13-14(7-11)25-9-24-13/h5-7,10,12,15H,8-9H2,1-2,4H3/t10-,12+,15?,18+/m1/s1. The van der Waals surface area contributed by atoms with Crippen LogP contribution in [0.2, 0.25) is 0 Å². The van der Waals surface area contributed by atoms with Crippen molar-refractivity contribution in [1.82, 2.24) is 9.80 Å². The number of hydrogen-bond acceptors (Lipinski definition) is 4. The largest absolute Gasteiger partial charge is 0.454 e. The van der Waals surface area contributed by atoms with Crippen molar-refractivity contribution in [3.63, 3.8) is 0 Å². The Hall–Kier alpha value is -2.75. The van der Waals surface area contributed by atoms with Crippen molar-refractivity contribution in [3.05, 3.63) is 35.2 Å². The van der Waals surface area contributed by atoms with Gasteiger partial charge in [0.1, 0.15) is 18.1 Å². The van der Waals surface area contributed by atoms with Crippen molar-refractivity contribution >= 4 is 11.8 Å². The number of amides is 2. The Labute approximate surface area is 145 Å². The van der Waals surface area contributed by atoms with Gasteiger partial charge >= 0.3 is 0 Å². The molecule has 3 aliphatic rings. The first-order chi connectivity index (χ1) is 11.9. The first-order valence-electron chi connectivity index (χ1n) is 8.24. The summed E-state index contributed by atoms with van der Waals surface area (Å²) in [4.78, 5) is 32.6. The molecule has 2 fully saturated rings. The molecule has 4 rings (SSSR count). The lowest BCUT2D eigenvalue weighted by Crippen LogP contribution is -2.60. The van der Waals surface area contributed by atoms with Gasteiger partial charge < -0.3 is 24.1 Å². The minimum Gasteiger partial charge on any atom is -0.454 e. The van der Waals surface area contributed by atoms with Crippen LogP contribution in [0.15, 0.2) is 18.2 Å². The van der Waals surface area contributed by atoms with Crippen LogP contribution in [-0.2, 0) is 9.59 Å². The number of carbonyl (C=O) groups is 2. The fourth-order valence-corrected chi connectivity index (χ4v) is 4.09. The average Bonchev–Trinajstić information content (AvgIpc) is 3.20. The zero-order valence-corrected chi connectivity index (χ0v) is 14.4. The SMILES string of the molecule is [C-]#[N+][C@@]1(C)C[C@H]2C(=O)N(C)[C@H](C)C(=O)N2C1c1ccc2c(c1)OCO2. The Kier molecular flexibility index (Phi) is 3.23. The predicted molar refractivity (Wildman–Crippen MR) is 87.8 cm³/mol. The summed E-state index contributed by atoms with van der Waals surface area (Å²) in [5.74, 6) is 1.03. The molecule has 4 atom stereocenters. The number of ether oxygens (including phenoxy) is 2. The van der Waals surface area contributed by atoms with Crippen LogP contribution in [0.1, 0.15) is 31.9 Å². The van der Waals surface area contributed by atoms with E-state index in [0.717, 1.165) is 5.56 Å². The number of rotatable bonds is 1. The van der Waals surface area contributed by atoms with Crippen LogP contribution in [-0.4, -0.2) is 53.1 Å². The molecule has 3 aliphatic heterocycles. The van der Waals surface area contributed by atoms with Crippen LogP contribution >= 0.6 is 0 Å². The number of benzene rings is 1. The van der Waals surface area contributed by atoms with E-state index in [0.29, 0.717) is 17.9 Å². The minimum atomic E-state index is -0.866. The Morgan fingerprint density at radius 3 is 2.68 bits per heavy atom. The highest BCUT2D eigenvalue weighted by molar-refractivity contribution is 5.97. The second kappa shape index (κ2) is 5.12. The molecule has 7 heteroatoms. The number of nitrogens with zero attached hydrogens (tertiary/aromatic N) is 3. The molecular formula is C18H19N3O4. The fourth-order valence-electron chi connectivity index (χ4n) is 4.09. The van der Waals surface area contributed by atoms with Gasteiger partial charge in [0, 0.05) is 14.0 Å². The van der Waals surface area contributed by atoms with E-state index in [1.807, 2.05) is 19.1 Å². The van der Waals surface area contributed by atoms with Gasteiger partial charge in [-0.2, -0.15) is 0 Å². The molecule has 0 aliphatic carbocycles. The molecule has 3 heterocycles. The van der Waals surface area contributed by atoms with Crippen LogP contribution in [0.25, 0.3) is 4.85 Å². The van der Waals surface area contributed by atoms with Gasteiger partial charge in [-0.05, 0) is 24.6 Å². The van der Waals surface area contributed by atoms with Crippen molar-refractivity contribution in [2.75, 3.05) is 13.8 Å². The number of fused-ring (bicyclic) bond motifs is 2. The topological polar surface area (TPSA) is 63.4 Å². The van der Waals surface area contributed by atoms with Gasteiger partial charge in [0.25, 0.3) is 5.54 Å². The maximum absolute atomic E-state index is 13.0. The van der Waals surface area contributed by atoms with Gasteiger partial charge in [0.2, 0.25) is 18.6 Å².